The van der Waals surface area contributed by atoms with Gasteiger partial charge in [-0.1, -0.05) is 56.2 Å². The number of imidazole rings is 1. The molecule has 0 spiro atoms. The molecule has 35 heavy (non-hydrogen) atoms. The summed E-state index contributed by atoms with van der Waals surface area (Å²) in [7, 11) is 0. The summed E-state index contributed by atoms with van der Waals surface area (Å²) in [6.07, 6.45) is 11.0. The summed E-state index contributed by atoms with van der Waals surface area (Å²) in [6.45, 7) is 4.46. The van der Waals surface area contributed by atoms with E-state index in [1.54, 1.807) is 0 Å². The maximum absolute atomic E-state index is 13.2. The van der Waals surface area contributed by atoms with Gasteiger partial charge in [-0.3, -0.25) is 9.59 Å². The number of aromatic amines is 1. The Kier molecular flexibility index (Phi) is 8.82. The number of fused-ring (bicyclic) bond motifs is 1. The highest BCUT2D eigenvalue weighted by Gasteiger charge is 2.24. The van der Waals surface area contributed by atoms with Crippen LogP contribution in [0.1, 0.15) is 70.0 Å². The minimum atomic E-state index is -0.325. The lowest BCUT2D eigenvalue weighted by Gasteiger charge is -2.15. The quantitative estimate of drug-likeness (QED) is 0.263. The number of nitrogens with one attached hydrogen (secondary N) is 2. The third-order valence-corrected chi connectivity index (χ3v) is 6.88. The largest absolute Gasteiger partial charge is 0.349 e. The Morgan fingerprint density at radius 1 is 1.11 bits per heavy atom. The van der Waals surface area contributed by atoms with Gasteiger partial charge < -0.3 is 10.3 Å². The van der Waals surface area contributed by atoms with Crippen LogP contribution in [0.25, 0.3) is 22.0 Å². The molecule has 1 amide bonds. The Labute approximate surface area is 207 Å². The molecule has 0 radical (unpaired) electrons. The number of rotatable bonds is 13. The van der Waals surface area contributed by atoms with E-state index in [4.69, 9.17) is 0 Å². The standard InChI is InChI=1S/C29H36N4O2/c1-2-25(34)12-4-3-5-13-26(29(35)30-16-19-33-17-8-9-18-33)28-31-21-27(32-28)24-15-14-22-10-6-7-11-23(22)20-24/h6-7,10-11,14-15,17,20-21,26H,2-5,8-9,12-13,16,18-19H2,1H3,(H-,30,31,32,35)/p+1. The van der Waals surface area contributed by atoms with Gasteiger partial charge >= 0.3 is 0 Å². The highest BCUT2D eigenvalue weighted by Crippen LogP contribution is 2.27. The molecule has 1 unspecified atom stereocenters. The van der Waals surface area contributed by atoms with Crippen molar-refractivity contribution in [3.05, 3.63) is 54.5 Å². The van der Waals surface area contributed by atoms with Crippen molar-refractivity contribution in [1.82, 2.24) is 15.3 Å². The zero-order valence-electron chi connectivity index (χ0n) is 20.8. The van der Waals surface area contributed by atoms with Crippen molar-refractivity contribution in [2.45, 2.75) is 64.2 Å². The molecule has 1 aliphatic rings. The molecule has 2 aromatic carbocycles. The predicted molar refractivity (Wildman–Crippen MR) is 141 cm³/mol. The van der Waals surface area contributed by atoms with Crippen molar-refractivity contribution in [2.75, 3.05) is 19.6 Å². The van der Waals surface area contributed by atoms with Crippen molar-refractivity contribution in [2.24, 2.45) is 0 Å². The molecule has 0 saturated carbocycles. The molecule has 6 heteroatoms. The van der Waals surface area contributed by atoms with Gasteiger partial charge in [-0.15, -0.1) is 0 Å². The number of H-pyrrole nitrogens is 1. The van der Waals surface area contributed by atoms with Crippen LogP contribution in [-0.4, -0.2) is 52.1 Å². The number of Topliss-reactive ketones (excluding diaryl/α,β-unsaturated/α-hetero) is 1. The van der Waals surface area contributed by atoms with Crippen LogP contribution in [0.3, 0.4) is 0 Å². The molecule has 1 atom stereocenters. The van der Waals surface area contributed by atoms with Gasteiger partial charge in [-0.2, -0.15) is 0 Å². The second-order valence-corrected chi connectivity index (χ2v) is 9.44. The average molecular weight is 474 g/mol. The Balaban J connectivity index is 1.43. The molecule has 0 bridgehead atoms. The number of carbonyl (C=O) groups is 2. The second kappa shape index (κ2) is 12.4. The lowest BCUT2D eigenvalue weighted by atomic mass is 9.98. The molecule has 4 rings (SSSR count). The van der Waals surface area contributed by atoms with Gasteiger partial charge in [0.25, 0.3) is 0 Å². The topological polar surface area (TPSA) is 77.9 Å². The first-order valence-electron chi connectivity index (χ1n) is 13.0. The number of amides is 1. The Bertz CT molecular complexity index is 1180. The fourth-order valence-corrected chi connectivity index (χ4v) is 4.74. The van der Waals surface area contributed by atoms with Crippen LogP contribution in [0, 0.1) is 0 Å². The number of ketones is 1. The minimum absolute atomic E-state index is 0.0215. The van der Waals surface area contributed by atoms with Crippen LogP contribution in [0.15, 0.2) is 48.7 Å². The Hall–Kier alpha value is -3.28. The molecule has 2 N–H and O–H groups in total. The Morgan fingerprint density at radius 2 is 1.97 bits per heavy atom. The van der Waals surface area contributed by atoms with Crippen molar-refractivity contribution in [3.63, 3.8) is 0 Å². The molecular weight excluding hydrogens is 436 g/mol. The molecule has 0 aliphatic carbocycles. The summed E-state index contributed by atoms with van der Waals surface area (Å²) < 4.78 is 2.28. The van der Waals surface area contributed by atoms with E-state index in [9.17, 15) is 9.59 Å². The minimum Gasteiger partial charge on any atom is -0.349 e. The normalized spacial score (nSPS) is 14.1. The van der Waals surface area contributed by atoms with E-state index in [1.807, 2.05) is 25.3 Å². The number of benzene rings is 2. The fraction of sp³-hybridized carbons (Fsp3) is 0.448. The van der Waals surface area contributed by atoms with E-state index in [2.05, 4.69) is 56.4 Å². The third kappa shape index (κ3) is 6.87. The number of carbonyl (C=O) groups excluding carboxylic acids is 2. The first-order valence-corrected chi connectivity index (χ1v) is 13.0. The molecule has 2 heterocycles. The van der Waals surface area contributed by atoms with E-state index >= 15 is 0 Å². The summed E-state index contributed by atoms with van der Waals surface area (Å²) in [6, 6.07) is 14.6. The monoisotopic (exact) mass is 473 g/mol. The smallest absolute Gasteiger partial charge is 0.230 e. The fourth-order valence-electron chi connectivity index (χ4n) is 4.74. The van der Waals surface area contributed by atoms with E-state index in [0.717, 1.165) is 50.0 Å². The predicted octanol–water partition coefficient (Wildman–Crippen LogP) is 5.24. The zero-order chi connectivity index (χ0) is 24.5. The van der Waals surface area contributed by atoms with Crippen LogP contribution >= 0.6 is 0 Å². The first kappa shape index (κ1) is 24.8. The van der Waals surface area contributed by atoms with E-state index in [0.29, 0.717) is 37.4 Å². The van der Waals surface area contributed by atoms with Crippen LogP contribution < -0.4 is 5.32 Å². The van der Waals surface area contributed by atoms with Crippen molar-refractivity contribution in [1.29, 1.82) is 0 Å². The number of nitrogens with zero attached hydrogens (tertiary/aromatic N) is 2. The molecule has 1 aromatic heterocycles. The molecule has 0 saturated heterocycles. The molecular formula is C29H37N4O2+. The lowest BCUT2D eigenvalue weighted by Crippen LogP contribution is -2.34. The van der Waals surface area contributed by atoms with Crippen molar-refractivity contribution >= 4 is 28.7 Å². The zero-order valence-corrected chi connectivity index (χ0v) is 20.8. The average Bonchev–Trinajstić information content (AvgIpc) is 3.58. The molecule has 6 nitrogen and oxygen atoms in total. The van der Waals surface area contributed by atoms with Crippen LogP contribution in [-0.2, 0) is 9.59 Å². The highest BCUT2D eigenvalue weighted by atomic mass is 16.2. The van der Waals surface area contributed by atoms with E-state index in [-0.39, 0.29) is 11.8 Å². The number of hydrogen-bond donors (Lipinski definition) is 2. The van der Waals surface area contributed by atoms with Crippen molar-refractivity contribution < 1.29 is 14.2 Å². The second-order valence-electron chi connectivity index (χ2n) is 9.44. The summed E-state index contributed by atoms with van der Waals surface area (Å²) in [5.74, 6) is 0.717. The van der Waals surface area contributed by atoms with Gasteiger partial charge in [0.1, 0.15) is 24.4 Å². The van der Waals surface area contributed by atoms with E-state index in [1.165, 1.54) is 17.2 Å². The van der Waals surface area contributed by atoms with Gasteiger partial charge in [0, 0.05) is 31.2 Å². The first-order chi connectivity index (χ1) is 17.1. The van der Waals surface area contributed by atoms with Gasteiger partial charge in [0.05, 0.1) is 24.4 Å². The third-order valence-electron chi connectivity index (χ3n) is 6.88. The molecule has 0 fully saturated rings. The summed E-state index contributed by atoms with van der Waals surface area (Å²) in [5.41, 5.74) is 1.98. The van der Waals surface area contributed by atoms with Crippen LogP contribution in [0.4, 0.5) is 0 Å². The SMILES string of the molecule is CCC(=O)CCCCCC(C(=O)NCC[N+]1=CCCC1)c1ncc(-c2ccc3ccccc3c2)[nH]1. The summed E-state index contributed by atoms with van der Waals surface area (Å²) in [5, 5.41) is 5.51. The van der Waals surface area contributed by atoms with Crippen molar-refractivity contribution in [3.8, 4) is 11.3 Å². The Morgan fingerprint density at radius 3 is 2.77 bits per heavy atom. The van der Waals surface area contributed by atoms with Gasteiger partial charge in [-0.05, 0) is 29.7 Å². The van der Waals surface area contributed by atoms with E-state index < -0.39 is 0 Å². The summed E-state index contributed by atoms with van der Waals surface area (Å²) >= 11 is 0. The van der Waals surface area contributed by atoms with Crippen LogP contribution in [0.2, 0.25) is 0 Å². The number of hydrogen-bond acceptors (Lipinski definition) is 3. The maximum Gasteiger partial charge on any atom is 0.230 e. The molecule has 184 valence electrons. The molecule has 3 aromatic rings. The van der Waals surface area contributed by atoms with Gasteiger partial charge in [0.2, 0.25) is 5.91 Å². The number of aromatic nitrogens is 2. The van der Waals surface area contributed by atoms with Gasteiger partial charge in [-0.25, -0.2) is 9.56 Å². The van der Waals surface area contributed by atoms with Crippen LogP contribution in [0.5, 0.6) is 0 Å². The highest BCUT2D eigenvalue weighted by molar-refractivity contribution is 5.87. The number of unbranched alkanes of at least 4 members (excludes halogenated alkanes) is 2. The van der Waals surface area contributed by atoms with Gasteiger partial charge in [0.15, 0.2) is 6.54 Å². The lowest BCUT2D eigenvalue weighted by molar-refractivity contribution is -0.513. The maximum atomic E-state index is 13.2. The summed E-state index contributed by atoms with van der Waals surface area (Å²) in [4.78, 5) is 32.9. The molecule has 1 aliphatic heterocycles.